The average Bonchev–Trinajstić information content (AvgIpc) is 2.27. The van der Waals surface area contributed by atoms with Crippen molar-refractivity contribution in [3.05, 3.63) is 34.1 Å². The molecule has 0 radical (unpaired) electrons. The van der Waals surface area contributed by atoms with Gasteiger partial charge in [-0.25, -0.2) is 14.8 Å². The summed E-state index contributed by atoms with van der Waals surface area (Å²) in [6.07, 6.45) is 1.45. The van der Waals surface area contributed by atoms with Gasteiger partial charge in [0.2, 0.25) is 0 Å². The summed E-state index contributed by atoms with van der Waals surface area (Å²) in [7, 11) is 1.26. The predicted octanol–water partition coefficient (Wildman–Crippen LogP) is 2.72. The van der Waals surface area contributed by atoms with Crippen molar-refractivity contribution in [3.8, 4) is 0 Å². The molecule has 0 aliphatic heterocycles. The summed E-state index contributed by atoms with van der Waals surface area (Å²) >= 11 is 11.7. The first-order chi connectivity index (χ1) is 7.61. The molecule has 4 nitrogen and oxygen atoms in total. The minimum absolute atomic E-state index is 0.0477. The van der Waals surface area contributed by atoms with Crippen molar-refractivity contribution in [2.45, 2.75) is 0 Å². The molecule has 2 aromatic rings. The number of ether oxygens (including phenoxy) is 1. The quantitative estimate of drug-likeness (QED) is 0.737. The summed E-state index contributed by atoms with van der Waals surface area (Å²) in [5.74, 6) is -0.594. The highest BCUT2D eigenvalue weighted by Gasteiger charge is 2.14. The van der Waals surface area contributed by atoms with Gasteiger partial charge in [-0.3, -0.25) is 0 Å². The van der Waals surface area contributed by atoms with Crippen LogP contribution in [0.25, 0.3) is 11.0 Å². The third-order valence-electron chi connectivity index (χ3n) is 1.97. The van der Waals surface area contributed by atoms with Gasteiger partial charge in [0, 0.05) is 11.6 Å². The van der Waals surface area contributed by atoms with Crippen LogP contribution in [-0.2, 0) is 4.74 Å². The lowest BCUT2D eigenvalue weighted by molar-refractivity contribution is 0.0594. The lowest BCUT2D eigenvalue weighted by Gasteiger charge is -2.03. The number of hydrogen-bond acceptors (Lipinski definition) is 4. The summed E-state index contributed by atoms with van der Waals surface area (Å²) in [4.78, 5) is 19.3. The maximum Gasteiger partial charge on any atom is 0.358 e. The lowest BCUT2D eigenvalue weighted by atomic mass is 10.2. The molecule has 0 unspecified atom stereocenters. The molecule has 82 valence electrons. The predicted molar refractivity (Wildman–Crippen MR) is 60.9 cm³/mol. The molecule has 2 aromatic heterocycles. The van der Waals surface area contributed by atoms with Gasteiger partial charge in [-0.1, -0.05) is 23.2 Å². The van der Waals surface area contributed by atoms with E-state index in [0.717, 1.165) is 0 Å². The Morgan fingerprint density at radius 1 is 1.38 bits per heavy atom. The molecule has 0 bridgehead atoms. The van der Waals surface area contributed by atoms with Crippen molar-refractivity contribution < 1.29 is 9.53 Å². The van der Waals surface area contributed by atoms with Crippen molar-refractivity contribution >= 4 is 40.2 Å². The van der Waals surface area contributed by atoms with Crippen molar-refractivity contribution in [2.75, 3.05) is 7.11 Å². The fourth-order valence-corrected chi connectivity index (χ4v) is 1.65. The smallest absolute Gasteiger partial charge is 0.358 e. The molecule has 2 heterocycles. The SMILES string of the molecule is COC(=O)c1nc2ncc(Cl)cc2cc1Cl. The van der Waals surface area contributed by atoms with E-state index in [0.29, 0.717) is 16.1 Å². The molecule has 0 aliphatic rings. The molecule has 0 saturated carbocycles. The number of carbonyl (C=O) groups excluding carboxylic acids is 1. The first-order valence-corrected chi connectivity index (χ1v) is 5.07. The molecule has 0 N–H and O–H groups in total. The molecule has 2 rings (SSSR count). The number of halogens is 2. The summed E-state index contributed by atoms with van der Waals surface area (Å²) in [5, 5.41) is 1.37. The second kappa shape index (κ2) is 4.23. The normalized spacial score (nSPS) is 10.4. The third kappa shape index (κ3) is 1.94. The number of esters is 1. The zero-order chi connectivity index (χ0) is 11.7. The highest BCUT2D eigenvalue weighted by atomic mass is 35.5. The minimum Gasteiger partial charge on any atom is -0.464 e. The molecular weight excluding hydrogens is 251 g/mol. The van der Waals surface area contributed by atoms with Crippen molar-refractivity contribution in [2.24, 2.45) is 0 Å². The van der Waals surface area contributed by atoms with Crippen LogP contribution in [0.1, 0.15) is 10.5 Å². The highest BCUT2D eigenvalue weighted by Crippen LogP contribution is 2.22. The number of aromatic nitrogens is 2. The Labute approximate surface area is 101 Å². The van der Waals surface area contributed by atoms with E-state index in [2.05, 4.69) is 14.7 Å². The van der Waals surface area contributed by atoms with E-state index in [4.69, 9.17) is 23.2 Å². The topological polar surface area (TPSA) is 52.1 Å². The molecular formula is C10H6Cl2N2O2. The molecule has 0 fully saturated rings. The van der Waals surface area contributed by atoms with Crippen molar-refractivity contribution in [1.82, 2.24) is 9.97 Å². The molecule has 0 atom stereocenters. The zero-order valence-corrected chi connectivity index (χ0v) is 9.71. The molecule has 0 saturated heterocycles. The summed E-state index contributed by atoms with van der Waals surface area (Å²) < 4.78 is 4.55. The fraction of sp³-hybridized carbons (Fsp3) is 0.100. The van der Waals surface area contributed by atoms with Crippen LogP contribution in [0.2, 0.25) is 10.0 Å². The van der Waals surface area contributed by atoms with Gasteiger partial charge in [-0.2, -0.15) is 0 Å². The first kappa shape index (κ1) is 11.1. The summed E-state index contributed by atoms with van der Waals surface area (Å²) in [6.45, 7) is 0. The molecule has 0 aliphatic carbocycles. The van der Waals surface area contributed by atoms with E-state index in [1.54, 1.807) is 12.1 Å². The maximum absolute atomic E-state index is 11.3. The molecule has 0 amide bonds. The summed E-state index contributed by atoms with van der Waals surface area (Å²) in [5.41, 5.74) is 0.445. The molecule has 6 heteroatoms. The van der Waals surface area contributed by atoms with Gasteiger partial charge in [0.15, 0.2) is 11.3 Å². The van der Waals surface area contributed by atoms with Crippen LogP contribution in [0.4, 0.5) is 0 Å². The van der Waals surface area contributed by atoms with Gasteiger partial charge < -0.3 is 4.74 Å². The van der Waals surface area contributed by atoms with E-state index in [1.165, 1.54) is 13.3 Å². The number of rotatable bonds is 1. The second-order valence-corrected chi connectivity index (χ2v) is 3.85. The number of carbonyl (C=O) groups is 1. The summed E-state index contributed by atoms with van der Waals surface area (Å²) in [6, 6.07) is 3.25. The van der Waals surface area contributed by atoms with Crippen LogP contribution in [0.3, 0.4) is 0 Å². The van der Waals surface area contributed by atoms with Crippen LogP contribution in [0.15, 0.2) is 18.3 Å². The van der Waals surface area contributed by atoms with Gasteiger partial charge in [0.05, 0.1) is 17.2 Å². The third-order valence-corrected chi connectivity index (χ3v) is 2.46. The Balaban J connectivity index is 2.67. The second-order valence-electron chi connectivity index (χ2n) is 3.01. The van der Waals surface area contributed by atoms with Crippen molar-refractivity contribution in [3.63, 3.8) is 0 Å². The molecule has 0 aromatic carbocycles. The average molecular weight is 257 g/mol. The van der Waals surface area contributed by atoms with E-state index < -0.39 is 5.97 Å². The van der Waals surface area contributed by atoms with Gasteiger partial charge in [-0.05, 0) is 12.1 Å². The van der Waals surface area contributed by atoms with E-state index in [-0.39, 0.29) is 10.7 Å². The van der Waals surface area contributed by atoms with Crippen molar-refractivity contribution in [1.29, 1.82) is 0 Å². The largest absolute Gasteiger partial charge is 0.464 e. The lowest BCUT2D eigenvalue weighted by Crippen LogP contribution is -2.05. The number of nitrogens with zero attached hydrogens (tertiary/aromatic N) is 2. The van der Waals surface area contributed by atoms with Crippen LogP contribution < -0.4 is 0 Å². The Hall–Kier alpha value is -1.39. The van der Waals surface area contributed by atoms with E-state index in [1.807, 2.05) is 0 Å². The monoisotopic (exact) mass is 256 g/mol. The number of fused-ring (bicyclic) bond motifs is 1. The van der Waals surface area contributed by atoms with Gasteiger partial charge in [0.1, 0.15) is 0 Å². The van der Waals surface area contributed by atoms with Gasteiger partial charge in [-0.15, -0.1) is 0 Å². The van der Waals surface area contributed by atoms with E-state index >= 15 is 0 Å². The van der Waals surface area contributed by atoms with Crippen LogP contribution >= 0.6 is 23.2 Å². The highest BCUT2D eigenvalue weighted by molar-refractivity contribution is 6.34. The Kier molecular flexibility index (Phi) is 2.94. The van der Waals surface area contributed by atoms with Gasteiger partial charge in [0.25, 0.3) is 0 Å². The Bertz CT molecular complexity index is 572. The van der Waals surface area contributed by atoms with Crippen LogP contribution in [0.5, 0.6) is 0 Å². The molecule has 16 heavy (non-hydrogen) atoms. The van der Waals surface area contributed by atoms with Crippen LogP contribution in [-0.4, -0.2) is 23.0 Å². The number of methoxy groups -OCH3 is 1. The molecule has 0 spiro atoms. The maximum atomic E-state index is 11.3. The first-order valence-electron chi connectivity index (χ1n) is 4.32. The standard InChI is InChI=1S/C10H6Cl2N2O2/c1-16-10(15)8-7(12)3-5-2-6(11)4-13-9(5)14-8/h2-4H,1H3. The van der Waals surface area contributed by atoms with Gasteiger partial charge >= 0.3 is 5.97 Å². The van der Waals surface area contributed by atoms with Crippen LogP contribution in [0, 0.1) is 0 Å². The Morgan fingerprint density at radius 3 is 2.81 bits per heavy atom. The Morgan fingerprint density at radius 2 is 2.12 bits per heavy atom. The zero-order valence-electron chi connectivity index (χ0n) is 8.20. The fourth-order valence-electron chi connectivity index (χ4n) is 1.25. The number of pyridine rings is 2. The minimum atomic E-state index is -0.594. The van der Waals surface area contributed by atoms with E-state index in [9.17, 15) is 4.79 Å². The number of hydrogen-bond donors (Lipinski definition) is 0.